The molecule has 0 aromatic heterocycles. The van der Waals surface area contributed by atoms with Gasteiger partial charge in [0.25, 0.3) is 21.8 Å². The summed E-state index contributed by atoms with van der Waals surface area (Å²) >= 11 is 0. The minimum absolute atomic E-state index is 0.0705. The fraction of sp³-hybridized carbons (Fsp3) is 0.129. The molecule has 0 spiro atoms. The normalized spacial score (nSPS) is 11.2. The lowest BCUT2D eigenvalue weighted by Crippen LogP contribution is -2.39. The smallest absolute Gasteiger partial charge is 0.264 e. The Morgan fingerprint density at radius 2 is 1.57 bits per heavy atom. The molecule has 4 rings (SSSR count). The van der Waals surface area contributed by atoms with Gasteiger partial charge in [0.2, 0.25) is 0 Å². The summed E-state index contributed by atoms with van der Waals surface area (Å²) in [7, 11) is -4.03. The molecule has 0 aliphatic rings. The van der Waals surface area contributed by atoms with E-state index in [4.69, 9.17) is 4.74 Å². The van der Waals surface area contributed by atoms with Crippen LogP contribution < -0.4 is 19.8 Å². The molecule has 2 amide bonds. The first-order chi connectivity index (χ1) is 20.1. The Balaban J connectivity index is 1.35. The van der Waals surface area contributed by atoms with Crippen molar-refractivity contribution < 1.29 is 27.1 Å². The van der Waals surface area contributed by atoms with Crippen LogP contribution in [-0.4, -0.2) is 39.6 Å². The number of anilines is 2. The zero-order valence-corrected chi connectivity index (χ0v) is 23.8. The van der Waals surface area contributed by atoms with Gasteiger partial charge in [0.1, 0.15) is 18.1 Å². The van der Waals surface area contributed by atoms with Crippen molar-refractivity contribution in [3.63, 3.8) is 0 Å². The van der Waals surface area contributed by atoms with Gasteiger partial charge in [-0.1, -0.05) is 29.8 Å². The van der Waals surface area contributed by atoms with E-state index in [1.807, 2.05) is 19.9 Å². The first-order valence-corrected chi connectivity index (χ1v) is 14.3. The number of ether oxygens (including phenoxy) is 1. The second-order valence-electron chi connectivity index (χ2n) is 9.37. The second-order valence-corrected chi connectivity index (χ2v) is 11.2. The third-order valence-corrected chi connectivity index (χ3v) is 7.75. The largest absolute Gasteiger partial charge is 0.484 e. The molecule has 0 heterocycles. The monoisotopic (exact) mass is 588 g/mol. The summed E-state index contributed by atoms with van der Waals surface area (Å²) in [6, 6.07) is 25.3. The van der Waals surface area contributed by atoms with Gasteiger partial charge in [0, 0.05) is 5.69 Å². The zero-order valence-electron chi connectivity index (χ0n) is 23.0. The van der Waals surface area contributed by atoms with Crippen LogP contribution in [0.4, 0.5) is 15.8 Å². The molecular formula is C31H29FN4O5S. The molecular weight excluding hydrogens is 559 g/mol. The molecule has 0 aliphatic carbocycles. The molecule has 0 saturated heterocycles. The van der Waals surface area contributed by atoms with Gasteiger partial charge < -0.3 is 10.1 Å². The molecule has 0 unspecified atom stereocenters. The van der Waals surface area contributed by atoms with Gasteiger partial charge in [-0.15, -0.1) is 0 Å². The summed E-state index contributed by atoms with van der Waals surface area (Å²) in [5.41, 5.74) is 5.57. The number of carbonyl (C=O) groups excluding carboxylic acids is 2. The van der Waals surface area contributed by atoms with Crippen molar-refractivity contribution in [3.8, 4) is 5.75 Å². The summed E-state index contributed by atoms with van der Waals surface area (Å²) in [5, 5.41) is 6.55. The second kappa shape index (κ2) is 13.6. The minimum Gasteiger partial charge on any atom is -0.484 e. The molecule has 42 heavy (non-hydrogen) atoms. The Morgan fingerprint density at radius 1 is 0.881 bits per heavy atom. The van der Waals surface area contributed by atoms with Crippen LogP contribution in [0.5, 0.6) is 5.75 Å². The first-order valence-electron chi connectivity index (χ1n) is 12.9. The average molecular weight is 589 g/mol. The number of aryl methyl sites for hydroxylation is 2. The van der Waals surface area contributed by atoms with Crippen LogP contribution in [0, 0.1) is 19.7 Å². The van der Waals surface area contributed by atoms with Gasteiger partial charge in [-0.25, -0.2) is 18.2 Å². The van der Waals surface area contributed by atoms with Crippen LogP contribution in [0.2, 0.25) is 0 Å². The van der Waals surface area contributed by atoms with Gasteiger partial charge in [-0.05, 0) is 97.8 Å². The fourth-order valence-corrected chi connectivity index (χ4v) is 5.22. The highest BCUT2D eigenvalue weighted by molar-refractivity contribution is 7.92. The molecule has 4 aromatic rings. The molecule has 0 fully saturated rings. The molecule has 11 heteroatoms. The van der Waals surface area contributed by atoms with E-state index in [-0.39, 0.29) is 11.5 Å². The predicted molar refractivity (Wildman–Crippen MR) is 160 cm³/mol. The first kappa shape index (κ1) is 29.9. The highest BCUT2D eigenvalue weighted by Gasteiger charge is 2.27. The van der Waals surface area contributed by atoms with Crippen molar-refractivity contribution in [1.82, 2.24) is 5.43 Å². The van der Waals surface area contributed by atoms with Gasteiger partial charge in [0.15, 0.2) is 6.61 Å². The fourth-order valence-electron chi connectivity index (χ4n) is 3.81. The summed E-state index contributed by atoms with van der Waals surface area (Å²) in [6.07, 6.45) is 1.40. The van der Waals surface area contributed by atoms with Gasteiger partial charge >= 0.3 is 0 Å². The van der Waals surface area contributed by atoms with Gasteiger partial charge in [-0.3, -0.25) is 13.9 Å². The molecule has 0 saturated carbocycles. The predicted octanol–water partition coefficient (Wildman–Crippen LogP) is 4.81. The summed E-state index contributed by atoms with van der Waals surface area (Å²) < 4.78 is 46.5. The Kier molecular flexibility index (Phi) is 9.66. The number of hydrogen-bond donors (Lipinski definition) is 2. The van der Waals surface area contributed by atoms with Crippen molar-refractivity contribution in [2.24, 2.45) is 5.10 Å². The Bertz CT molecular complexity index is 1670. The maximum absolute atomic E-state index is 13.5. The maximum Gasteiger partial charge on any atom is 0.264 e. The lowest BCUT2D eigenvalue weighted by Gasteiger charge is -2.24. The lowest BCUT2D eigenvalue weighted by molar-refractivity contribution is -0.119. The standard InChI is InChI=1S/C31H29FN4O5S/c1-22-6-16-29(17-7-22)42(39,40)36(27-5-3-4-23(2)18-27)20-30(37)35-33-19-24-8-14-28(15-9-24)41-21-31(38)34-26-12-10-25(32)11-13-26/h3-19H,20-21H2,1-2H3,(H,34,38)(H,35,37)/b33-19-. The summed E-state index contributed by atoms with van der Waals surface area (Å²) in [5.74, 6) is -1.00. The van der Waals surface area contributed by atoms with E-state index in [0.717, 1.165) is 15.4 Å². The third-order valence-electron chi connectivity index (χ3n) is 5.97. The Hall–Kier alpha value is -5.03. The van der Waals surface area contributed by atoms with E-state index in [0.29, 0.717) is 22.7 Å². The summed E-state index contributed by atoms with van der Waals surface area (Å²) in [6.45, 7) is 2.97. The van der Waals surface area contributed by atoms with Crippen molar-refractivity contribution in [2.75, 3.05) is 22.8 Å². The number of halogens is 1. The zero-order chi connectivity index (χ0) is 30.1. The highest BCUT2D eigenvalue weighted by atomic mass is 32.2. The van der Waals surface area contributed by atoms with Crippen molar-refractivity contribution in [1.29, 1.82) is 0 Å². The summed E-state index contributed by atoms with van der Waals surface area (Å²) in [4.78, 5) is 24.9. The molecule has 9 nitrogen and oxygen atoms in total. The number of amides is 2. The third kappa shape index (κ3) is 8.24. The van der Waals surface area contributed by atoms with E-state index in [1.165, 1.54) is 42.6 Å². The Morgan fingerprint density at radius 3 is 2.24 bits per heavy atom. The molecule has 4 aromatic carbocycles. The average Bonchev–Trinajstić information content (AvgIpc) is 2.97. The number of nitrogens with one attached hydrogen (secondary N) is 2. The lowest BCUT2D eigenvalue weighted by atomic mass is 10.2. The molecule has 0 bridgehead atoms. The number of sulfonamides is 1. The van der Waals surface area contributed by atoms with Crippen LogP contribution in [0.3, 0.4) is 0 Å². The quantitative estimate of drug-likeness (QED) is 0.193. The van der Waals surface area contributed by atoms with Crippen molar-refractivity contribution in [2.45, 2.75) is 18.7 Å². The number of hydrogen-bond acceptors (Lipinski definition) is 6. The number of benzene rings is 4. The maximum atomic E-state index is 13.5. The van der Waals surface area contributed by atoms with Crippen molar-refractivity contribution in [3.05, 3.63) is 120 Å². The Labute approximate surface area is 243 Å². The van der Waals surface area contributed by atoms with Crippen molar-refractivity contribution >= 4 is 39.4 Å². The van der Waals surface area contributed by atoms with Crippen LogP contribution in [0.15, 0.2) is 107 Å². The van der Waals surface area contributed by atoms with Gasteiger partial charge in [0.05, 0.1) is 16.8 Å². The molecule has 216 valence electrons. The van der Waals surface area contributed by atoms with Gasteiger partial charge in [-0.2, -0.15) is 5.10 Å². The van der Waals surface area contributed by atoms with E-state index < -0.39 is 34.2 Å². The van der Waals surface area contributed by atoms with E-state index in [2.05, 4.69) is 15.8 Å². The topological polar surface area (TPSA) is 117 Å². The number of hydrazone groups is 1. The van der Waals surface area contributed by atoms with Crippen LogP contribution in [0.1, 0.15) is 16.7 Å². The molecule has 0 aliphatic heterocycles. The number of rotatable bonds is 11. The van der Waals surface area contributed by atoms with E-state index >= 15 is 0 Å². The highest BCUT2D eigenvalue weighted by Crippen LogP contribution is 2.24. The number of carbonyl (C=O) groups is 2. The minimum atomic E-state index is -4.03. The van der Waals surface area contributed by atoms with E-state index in [1.54, 1.807) is 54.6 Å². The van der Waals surface area contributed by atoms with E-state index in [9.17, 15) is 22.4 Å². The molecule has 2 N–H and O–H groups in total. The SMILES string of the molecule is Cc1ccc(S(=O)(=O)N(CC(=O)N/N=C\c2ccc(OCC(=O)Nc3ccc(F)cc3)cc2)c2cccc(C)c2)cc1. The molecule has 0 atom stereocenters. The van der Waals surface area contributed by atoms with Crippen LogP contribution in [0.25, 0.3) is 0 Å². The van der Waals surface area contributed by atoms with Crippen LogP contribution >= 0.6 is 0 Å². The number of nitrogens with zero attached hydrogens (tertiary/aromatic N) is 2. The van der Waals surface area contributed by atoms with Crippen LogP contribution in [-0.2, 0) is 19.6 Å². The molecule has 0 radical (unpaired) electrons.